The lowest BCUT2D eigenvalue weighted by Gasteiger charge is -2.48. The summed E-state index contributed by atoms with van der Waals surface area (Å²) in [6.45, 7) is 2.62. The summed E-state index contributed by atoms with van der Waals surface area (Å²) in [5.74, 6) is -4.49. The molecule has 2 N–H and O–H groups in total. The van der Waals surface area contributed by atoms with Gasteiger partial charge in [0.25, 0.3) is 0 Å². The molecule has 0 aliphatic carbocycles. The fraction of sp³-hybridized carbons (Fsp3) is 0.308. The van der Waals surface area contributed by atoms with Crippen LogP contribution < -0.4 is 0 Å². The first-order chi connectivity index (χ1) is 22.8. The van der Waals surface area contributed by atoms with Gasteiger partial charge in [-0.05, 0) is 54.2 Å². The molecule has 8 heteroatoms. The SMILES string of the molecule is CC1=NC(COCCOCc2ccccc2)C(CCC(c2ccccc2)c2ccccc2)(C(=O)O)C(c2cccc(Cl)c2)C1C(=O)O. The van der Waals surface area contributed by atoms with Gasteiger partial charge in [-0.25, -0.2) is 0 Å². The molecule has 47 heavy (non-hydrogen) atoms. The van der Waals surface area contributed by atoms with Crippen LogP contribution in [0.1, 0.15) is 53.9 Å². The number of carboxylic acids is 2. The van der Waals surface area contributed by atoms with Crippen LogP contribution >= 0.6 is 11.6 Å². The predicted octanol–water partition coefficient (Wildman–Crippen LogP) is 7.88. The molecule has 4 unspecified atom stereocenters. The van der Waals surface area contributed by atoms with Crippen LogP contribution in [-0.4, -0.2) is 53.7 Å². The molecular weight excluding hydrogens is 614 g/mol. The van der Waals surface area contributed by atoms with Gasteiger partial charge < -0.3 is 19.7 Å². The standard InChI is InChI=1S/C39H40ClNO6/c1-27-35(37(42)43)36(31-18-11-19-32(40)24-31)39(38(44)45,34(41-27)26-47-23-22-46-25-28-12-5-2-6-13-28)21-20-33(29-14-7-3-8-15-29)30-16-9-4-10-17-30/h2-19,24,33-36H,20-23,25-26H2,1H3,(H,42,43)(H,44,45). The lowest BCUT2D eigenvalue weighted by molar-refractivity contribution is -0.158. The van der Waals surface area contributed by atoms with Crippen LogP contribution in [0.25, 0.3) is 0 Å². The minimum absolute atomic E-state index is 0.0108. The smallest absolute Gasteiger partial charge is 0.312 e. The summed E-state index contributed by atoms with van der Waals surface area (Å²) in [5, 5.41) is 22.3. The van der Waals surface area contributed by atoms with Gasteiger partial charge in [0.2, 0.25) is 0 Å². The molecule has 0 bridgehead atoms. The highest BCUT2D eigenvalue weighted by Gasteiger charge is 2.59. The Hall–Kier alpha value is -4.30. The zero-order valence-electron chi connectivity index (χ0n) is 26.4. The van der Waals surface area contributed by atoms with Crippen LogP contribution in [0.5, 0.6) is 0 Å². The Morgan fingerprint density at radius 2 is 1.43 bits per heavy atom. The third-order valence-electron chi connectivity index (χ3n) is 9.17. The Morgan fingerprint density at radius 1 is 0.830 bits per heavy atom. The summed E-state index contributed by atoms with van der Waals surface area (Å²) in [5.41, 5.74) is 2.42. The first kappa shape index (κ1) is 34.0. The molecule has 4 aromatic carbocycles. The number of carboxylic acid groups (broad SMARTS) is 2. The van der Waals surface area contributed by atoms with E-state index in [0.29, 0.717) is 35.9 Å². The summed E-state index contributed by atoms with van der Waals surface area (Å²) in [4.78, 5) is 31.6. The van der Waals surface area contributed by atoms with Crippen LogP contribution in [0.2, 0.25) is 5.02 Å². The van der Waals surface area contributed by atoms with Gasteiger partial charge in [0.15, 0.2) is 0 Å². The molecule has 244 valence electrons. The third-order valence-corrected chi connectivity index (χ3v) is 9.41. The largest absolute Gasteiger partial charge is 0.481 e. The summed E-state index contributed by atoms with van der Waals surface area (Å²) in [6, 6.07) is 35.8. The number of carbonyl (C=O) groups is 2. The Bertz CT molecular complexity index is 1610. The van der Waals surface area contributed by atoms with Gasteiger partial charge in [0.1, 0.15) is 11.3 Å². The molecule has 1 aliphatic rings. The van der Waals surface area contributed by atoms with E-state index in [1.807, 2.05) is 91.0 Å². The third kappa shape index (κ3) is 7.99. The van der Waals surface area contributed by atoms with Crippen LogP contribution in [0.3, 0.4) is 0 Å². The normalized spacial score (nSPS) is 20.9. The minimum Gasteiger partial charge on any atom is -0.481 e. The summed E-state index contributed by atoms with van der Waals surface area (Å²) in [7, 11) is 0. The van der Waals surface area contributed by atoms with Crippen molar-refractivity contribution in [2.45, 2.75) is 44.2 Å². The zero-order chi connectivity index (χ0) is 33.2. The lowest BCUT2D eigenvalue weighted by atomic mass is 9.57. The second-order valence-corrected chi connectivity index (χ2v) is 12.4. The summed E-state index contributed by atoms with van der Waals surface area (Å²) in [6.07, 6.45) is 0.585. The van der Waals surface area contributed by atoms with Crippen molar-refractivity contribution in [2.75, 3.05) is 19.8 Å². The highest BCUT2D eigenvalue weighted by Crippen LogP contribution is 2.53. The number of nitrogens with zero attached hydrogens (tertiary/aromatic N) is 1. The van der Waals surface area contributed by atoms with Crippen molar-refractivity contribution in [2.24, 2.45) is 16.3 Å². The van der Waals surface area contributed by atoms with Crippen molar-refractivity contribution in [3.63, 3.8) is 0 Å². The van der Waals surface area contributed by atoms with Crippen molar-refractivity contribution in [3.05, 3.63) is 143 Å². The van der Waals surface area contributed by atoms with Crippen molar-refractivity contribution >= 4 is 29.3 Å². The first-order valence-electron chi connectivity index (χ1n) is 15.9. The maximum Gasteiger partial charge on any atom is 0.312 e. The second kappa shape index (κ2) is 16.0. The highest BCUT2D eigenvalue weighted by molar-refractivity contribution is 6.30. The Morgan fingerprint density at radius 3 is 2.00 bits per heavy atom. The van der Waals surface area contributed by atoms with E-state index >= 15 is 0 Å². The molecule has 0 aromatic heterocycles. The predicted molar refractivity (Wildman–Crippen MR) is 183 cm³/mol. The molecule has 4 aromatic rings. The van der Waals surface area contributed by atoms with Crippen LogP contribution in [-0.2, 0) is 25.7 Å². The quantitative estimate of drug-likeness (QED) is 0.126. The number of aliphatic carboxylic acids is 2. The first-order valence-corrected chi connectivity index (χ1v) is 16.2. The fourth-order valence-corrected chi connectivity index (χ4v) is 7.14. The molecule has 1 heterocycles. The molecule has 0 radical (unpaired) electrons. The van der Waals surface area contributed by atoms with Crippen LogP contribution in [0.4, 0.5) is 0 Å². The number of ether oxygens (including phenoxy) is 2. The molecule has 4 atom stereocenters. The molecule has 0 fully saturated rings. The molecule has 1 aliphatic heterocycles. The number of rotatable bonds is 15. The topological polar surface area (TPSA) is 105 Å². The molecular formula is C39H40ClNO6. The van der Waals surface area contributed by atoms with Crippen molar-refractivity contribution in [1.29, 1.82) is 0 Å². The summed E-state index contributed by atoms with van der Waals surface area (Å²) >= 11 is 6.44. The number of hydrogen-bond donors (Lipinski definition) is 2. The van der Waals surface area contributed by atoms with Gasteiger partial charge in [-0.15, -0.1) is 0 Å². The number of benzene rings is 4. The average molecular weight is 654 g/mol. The fourth-order valence-electron chi connectivity index (χ4n) is 6.95. The number of hydrogen-bond acceptors (Lipinski definition) is 5. The zero-order valence-corrected chi connectivity index (χ0v) is 27.1. The van der Waals surface area contributed by atoms with Gasteiger partial charge in [0.05, 0.1) is 32.5 Å². The molecule has 0 spiro atoms. The van der Waals surface area contributed by atoms with Gasteiger partial charge in [-0.1, -0.05) is 115 Å². The average Bonchev–Trinajstić information content (AvgIpc) is 3.08. The molecule has 0 amide bonds. The van der Waals surface area contributed by atoms with Gasteiger partial charge in [0, 0.05) is 22.6 Å². The maximum absolute atomic E-state index is 13.8. The van der Waals surface area contributed by atoms with E-state index in [-0.39, 0.29) is 25.6 Å². The van der Waals surface area contributed by atoms with E-state index < -0.39 is 35.2 Å². The lowest BCUT2D eigenvalue weighted by Crippen LogP contribution is -2.56. The van der Waals surface area contributed by atoms with E-state index in [2.05, 4.69) is 0 Å². The summed E-state index contributed by atoms with van der Waals surface area (Å²) < 4.78 is 11.9. The van der Waals surface area contributed by atoms with E-state index in [0.717, 1.165) is 16.7 Å². The Kier molecular flexibility index (Phi) is 11.6. The molecule has 7 nitrogen and oxygen atoms in total. The molecule has 5 rings (SSSR count). The van der Waals surface area contributed by atoms with Gasteiger partial charge in [-0.2, -0.15) is 0 Å². The van der Waals surface area contributed by atoms with Crippen molar-refractivity contribution < 1.29 is 29.3 Å². The highest BCUT2D eigenvalue weighted by atomic mass is 35.5. The monoisotopic (exact) mass is 653 g/mol. The van der Waals surface area contributed by atoms with Gasteiger partial charge >= 0.3 is 11.9 Å². The van der Waals surface area contributed by atoms with Crippen LogP contribution in [0.15, 0.2) is 120 Å². The number of halogens is 1. The Labute approximate surface area is 280 Å². The Balaban J connectivity index is 1.50. The van der Waals surface area contributed by atoms with E-state index in [1.165, 1.54) is 0 Å². The molecule has 0 saturated heterocycles. The number of aliphatic imine (C=N–C) groups is 1. The second-order valence-electron chi connectivity index (χ2n) is 12.0. The van der Waals surface area contributed by atoms with E-state index in [1.54, 1.807) is 31.2 Å². The van der Waals surface area contributed by atoms with Crippen molar-refractivity contribution in [3.8, 4) is 0 Å². The van der Waals surface area contributed by atoms with E-state index in [9.17, 15) is 19.8 Å². The van der Waals surface area contributed by atoms with Crippen LogP contribution in [0, 0.1) is 11.3 Å². The molecule has 0 saturated carbocycles. The van der Waals surface area contributed by atoms with Gasteiger partial charge in [-0.3, -0.25) is 14.6 Å². The maximum atomic E-state index is 13.8. The van der Waals surface area contributed by atoms with Crippen molar-refractivity contribution in [1.82, 2.24) is 0 Å². The minimum atomic E-state index is -1.63. The van der Waals surface area contributed by atoms with E-state index in [4.69, 9.17) is 26.1 Å².